The highest BCUT2D eigenvalue weighted by Gasteiger charge is 2.10. The quantitative estimate of drug-likeness (QED) is 0.805. The largest absolute Gasteiger partial charge is 0.319 e. The van der Waals surface area contributed by atoms with Crippen LogP contribution in [0, 0.1) is 12.7 Å². The number of nitrogens with one attached hydrogen (secondary N) is 1. The predicted molar refractivity (Wildman–Crippen MR) is 78.2 cm³/mol. The maximum absolute atomic E-state index is 13.7. The van der Waals surface area contributed by atoms with Gasteiger partial charge < -0.3 is 5.32 Å². The predicted octanol–water partition coefficient (Wildman–Crippen LogP) is 2.36. The highest BCUT2D eigenvalue weighted by Crippen LogP contribution is 2.17. The number of tetrazole rings is 1. The Bertz CT molecular complexity index is 799. The molecule has 0 fully saturated rings. The summed E-state index contributed by atoms with van der Waals surface area (Å²) < 4.78 is 15.2. The van der Waals surface area contributed by atoms with Crippen molar-refractivity contribution in [1.29, 1.82) is 0 Å². The van der Waals surface area contributed by atoms with Gasteiger partial charge >= 0.3 is 0 Å². The van der Waals surface area contributed by atoms with Gasteiger partial charge in [-0.1, -0.05) is 6.07 Å². The fourth-order valence-electron chi connectivity index (χ4n) is 1.96. The van der Waals surface area contributed by atoms with Crippen LogP contribution in [0.3, 0.4) is 0 Å². The van der Waals surface area contributed by atoms with E-state index in [4.69, 9.17) is 0 Å². The van der Waals surface area contributed by atoms with Crippen molar-refractivity contribution in [1.82, 2.24) is 20.2 Å². The first-order chi connectivity index (χ1) is 10.6. The van der Waals surface area contributed by atoms with E-state index in [1.165, 1.54) is 23.1 Å². The lowest BCUT2D eigenvalue weighted by Crippen LogP contribution is -2.13. The van der Waals surface area contributed by atoms with E-state index in [0.717, 1.165) is 11.3 Å². The second-order valence-electron chi connectivity index (χ2n) is 4.74. The number of carbonyl (C=O) groups is 1. The molecule has 0 aliphatic rings. The number of hydrogen-bond acceptors (Lipinski definition) is 4. The van der Waals surface area contributed by atoms with E-state index < -0.39 is 5.82 Å². The summed E-state index contributed by atoms with van der Waals surface area (Å²) in [5.74, 6) is -0.843. The van der Waals surface area contributed by atoms with Gasteiger partial charge in [-0.05, 0) is 59.3 Å². The van der Waals surface area contributed by atoms with Crippen molar-refractivity contribution < 1.29 is 9.18 Å². The second kappa shape index (κ2) is 5.72. The van der Waals surface area contributed by atoms with Crippen molar-refractivity contribution in [3.05, 3.63) is 65.7 Å². The number of halogens is 1. The Hall–Kier alpha value is -3.09. The monoisotopic (exact) mass is 297 g/mol. The van der Waals surface area contributed by atoms with E-state index in [-0.39, 0.29) is 11.6 Å². The first-order valence-corrected chi connectivity index (χ1v) is 6.54. The Balaban J connectivity index is 1.77. The van der Waals surface area contributed by atoms with E-state index in [2.05, 4.69) is 20.8 Å². The maximum atomic E-state index is 13.7. The van der Waals surface area contributed by atoms with Gasteiger partial charge in [-0.2, -0.15) is 0 Å². The molecule has 1 heterocycles. The molecule has 6 nitrogen and oxygen atoms in total. The molecule has 0 unspecified atom stereocenters. The van der Waals surface area contributed by atoms with Gasteiger partial charge in [0.15, 0.2) is 0 Å². The number of rotatable bonds is 3. The molecule has 0 spiro atoms. The van der Waals surface area contributed by atoms with E-state index >= 15 is 0 Å². The van der Waals surface area contributed by atoms with E-state index in [1.54, 1.807) is 37.3 Å². The topological polar surface area (TPSA) is 72.7 Å². The van der Waals surface area contributed by atoms with Crippen LogP contribution < -0.4 is 5.32 Å². The van der Waals surface area contributed by atoms with Gasteiger partial charge in [0.1, 0.15) is 12.1 Å². The Labute approximate surface area is 125 Å². The lowest BCUT2D eigenvalue weighted by atomic mass is 10.1. The highest BCUT2D eigenvalue weighted by molar-refractivity contribution is 6.04. The van der Waals surface area contributed by atoms with Crippen LogP contribution in [0.5, 0.6) is 0 Å². The van der Waals surface area contributed by atoms with Crippen LogP contribution in [0.2, 0.25) is 0 Å². The molecule has 110 valence electrons. The van der Waals surface area contributed by atoms with E-state index in [1.807, 2.05) is 0 Å². The summed E-state index contributed by atoms with van der Waals surface area (Å²) in [6.07, 6.45) is 1.46. The molecule has 0 radical (unpaired) electrons. The Kier molecular flexibility index (Phi) is 3.61. The average Bonchev–Trinajstić information content (AvgIpc) is 3.04. The number of anilines is 1. The van der Waals surface area contributed by atoms with Gasteiger partial charge in [-0.3, -0.25) is 4.79 Å². The molecule has 1 N–H and O–H groups in total. The van der Waals surface area contributed by atoms with Crippen molar-refractivity contribution in [2.45, 2.75) is 6.92 Å². The molecular weight excluding hydrogens is 285 g/mol. The molecule has 3 rings (SSSR count). The summed E-state index contributed by atoms with van der Waals surface area (Å²) in [4.78, 5) is 12.1. The smallest absolute Gasteiger partial charge is 0.255 e. The SMILES string of the molecule is Cc1ccc(NC(=O)c2ccc(-n3cnnn3)cc2)c(F)c1. The zero-order valence-electron chi connectivity index (χ0n) is 11.7. The van der Waals surface area contributed by atoms with Gasteiger partial charge in [0.2, 0.25) is 0 Å². The molecule has 0 saturated heterocycles. The molecule has 0 saturated carbocycles. The molecule has 0 aliphatic heterocycles. The van der Waals surface area contributed by atoms with Crippen LogP contribution >= 0.6 is 0 Å². The van der Waals surface area contributed by atoms with E-state index in [0.29, 0.717) is 5.56 Å². The van der Waals surface area contributed by atoms with Gasteiger partial charge in [-0.15, -0.1) is 5.10 Å². The molecule has 0 bridgehead atoms. The summed E-state index contributed by atoms with van der Waals surface area (Å²) in [7, 11) is 0. The number of aromatic nitrogens is 4. The number of nitrogens with zero attached hydrogens (tertiary/aromatic N) is 4. The molecule has 0 atom stereocenters. The van der Waals surface area contributed by atoms with Crippen LogP contribution in [0.1, 0.15) is 15.9 Å². The number of amides is 1. The van der Waals surface area contributed by atoms with Crippen LogP contribution in [0.15, 0.2) is 48.8 Å². The van der Waals surface area contributed by atoms with Gasteiger partial charge in [0.05, 0.1) is 11.4 Å². The zero-order valence-corrected chi connectivity index (χ0v) is 11.7. The van der Waals surface area contributed by atoms with Crippen molar-refractivity contribution in [3.63, 3.8) is 0 Å². The summed E-state index contributed by atoms with van der Waals surface area (Å²) in [5, 5.41) is 13.4. The fourth-order valence-corrected chi connectivity index (χ4v) is 1.96. The summed E-state index contributed by atoms with van der Waals surface area (Å²) >= 11 is 0. The minimum atomic E-state index is -0.460. The maximum Gasteiger partial charge on any atom is 0.255 e. The van der Waals surface area contributed by atoms with Gasteiger partial charge in [-0.25, -0.2) is 9.07 Å². The van der Waals surface area contributed by atoms with Crippen molar-refractivity contribution >= 4 is 11.6 Å². The molecule has 22 heavy (non-hydrogen) atoms. The van der Waals surface area contributed by atoms with Crippen LogP contribution in [-0.4, -0.2) is 26.1 Å². The van der Waals surface area contributed by atoms with Crippen molar-refractivity contribution in [2.24, 2.45) is 0 Å². The Morgan fingerprint density at radius 2 is 1.95 bits per heavy atom. The summed E-state index contributed by atoms with van der Waals surface area (Å²) in [6.45, 7) is 1.78. The molecule has 1 aromatic heterocycles. The third-order valence-corrected chi connectivity index (χ3v) is 3.12. The highest BCUT2D eigenvalue weighted by atomic mass is 19.1. The lowest BCUT2D eigenvalue weighted by Gasteiger charge is -2.07. The molecule has 2 aromatic carbocycles. The minimum absolute atomic E-state index is 0.153. The fraction of sp³-hybridized carbons (Fsp3) is 0.0667. The molecule has 3 aromatic rings. The zero-order chi connectivity index (χ0) is 15.5. The first kappa shape index (κ1) is 13.9. The molecule has 1 amide bonds. The number of carbonyl (C=O) groups excluding carboxylic acids is 1. The standard InChI is InChI=1S/C15H12FN5O/c1-10-2-7-14(13(16)8-10)18-15(22)11-3-5-12(6-4-11)21-9-17-19-20-21/h2-9H,1H3,(H,18,22). The number of aryl methyl sites for hydroxylation is 1. The van der Waals surface area contributed by atoms with Crippen LogP contribution in [0.4, 0.5) is 10.1 Å². The second-order valence-corrected chi connectivity index (χ2v) is 4.74. The third-order valence-electron chi connectivity index (χ3n) is 3.12. The van der Waals surface area contributed by atoms with Crippen molar-refractivity contribution in [3.8, 4) is 5.69 Å². The Morgan fingerprint density at radius 3 is 2.59 bits per heavy atom. The van der Waals surface area contributed by atoms with Crippen LogP contribution in [0.25, 0.3) is 5.69 Å². The minimum Gasteiger partial charge on any atom is -0.319 e. The molecular formula is C15H12FN5O. The number of hydrogen-bond donors (Lipinski definition) is 1. The first-order valence-electron chi connectivity index (χ1n) is 6.54. The van der Waals surface area contributed by atoms with Gasteiger partial charge in [0.25, 0.3) is 5.91 Å². The average molecular weight is 297 g/mol. The molecule has 7 heteroatoms. The lowest BCUT2D eigenvalue weighted by molar-refractivity contribution is 0.102. The third kappa shape index (κ3) is 2.83. The summed E-state index contributed by atoms with van der Waals surface area (Å²) in [6, 6.07) is 11.3. The Morgan fingerprint density at radius 1 is 1.18 bits per heavy atom. The van der Waals surface area contributed by atoms with E-state index in [9.17, 15) is 9.18 Å². The normalized spacial score (nSPS) is 10.5. The van der Waals surface area contributed by atoms with Gasteiger partial charge in [0, 0.05) is 5.56 Å². The number of benzene rings is 2. The van der Waals surface area contributed by atoms with Crippen molar-refractivity contribution in [2.75, 3.05) is 5.32 Å². The molecule has 0 aliphatic carbocycles. The van der Waals surface area contributed by atoms with Crippen LogP contribution in [-0.2, 0) is 0 Å². The summed E-state index contributed by atoms with van der Waals surface area (Å²) in [5.41, 5.74) is 2.08.